The normalized spacial score (nSPS) is 14.9. The summed E-state index contributed by atoms with van der Waals surface area (Å²) in [6, 6.07) is 11.1. The van der Waals surface area contributed by atoms with Crippen LogP contribution in [0.25, 0.3) is 0 Å². The number of nitrogens with zero attached hydrogens (tertiary/aromatic N) is 1. The van der Waals surface area contributed by atoms with Crippen LogP contribution in [0, 0.1) is 5.92 Å². The largest absolute Gasteiger partial charge is 0.467 e. The van der Waals surface area contributed by atoms with Crippen LogP contribution in [-0.4, -0.2) is 42.3 Å². The van der Waals surface area contributed by atoms with E-state index in [0.29, 0.717) is 43.8 Å². The van der Waals surface area contributed by atoms with Gasteiger partial charge in [-0.1, -0.05) is 32.9 Å². The van der Waals surface area contributed by atoms with Crippen LogP contribution < -0.4 is 10.6 Å². The van der Waals surface area contributed by atoms with E-state index in [-0.39, 0.29) is 35.6 Å². The lowest BCUT2D eigenvalue weighted by Gasteiger charge is -2.31. The van der Waals surface area contributed by atoms with E-state index in [1.54, 1.807) is 29.4 Å². The van der Waals surface area contributed by atoms with E-state index >= 15 is 0 Å². The zero-order valence-corrected chi connectivity index (χ0v) is 18.4. The highest BCUT2D eigenvalue weighted by Crippen LogP contribution is 2.22. The van der Waals surface area contributed by atoms with Gasteiger partial charge in [0.15, 0.2) is 0 Å². The predicted octanol–water partition coefficient (Wildman–Crippen LogP) is 2.86. The third kappa shape index (κ3) is 6.20. The molecule has 2 aromatic rings. The Morgan fingerprint density at radius 2 is 1.71 bits per heavy atom. The van der Waals surface area contributed by atoms with Crippen LogP contribution in [0.2, 0.25) is 0 Å². The fraction of sp³-hybridized carbons (Fsp3) is 0.458. The Bertz CT molecular complexity index is 890. The monoisotopic (exact) mass is 425 g/mol. The number of hydrogen-bond acceptors (Lipinski definition) is 4. The van der Waals surface area contributed by atoms with Crippen LogP contribution in [0.4, 0.5) is 0 Å². The van der Waals surface area contributed by atoms with Crippen molar-refractivity contribution >= 4 is 17.7 Å². The van der Waals surface area contributed by atoms with Crippen molar-refractivity contribution in [3.8, 4) is 0 Å². The molecular weight excluding hydrogens is 394 g/mol. The molecule has 3 amide bonds. The molecule has 1 fully saturated rings. The van der Waals surface area contributed by atoms with Gasteiger partial charge in [0, 0.05) is 24.6 Å². The summed E-state index contributed by atoms with van der Waals surface area (Å²) >= 11 is 0. The van der Waals surface area contributed by atoms with Crippen molar-refractivity contribution in [2.24, 2.45) is 5.92 Å². The molecule has 1 aromatic carbocycles. The van der Waals surface area contributed by atoms with Gasteiger partial charge in [-0.05, 0) is 48.1 Å². The molecule has 3 rings (SSSR count). The average molecular weight is 426 g/mol. The number of carbonyl (C=O) groups excluding carboxylic acids is 3. The van der Waals surface area contributed by atoms with E-state index in [1.807, 2.05) is 18.2 Å². The molecule has 0 spiro atoms. The number of nitrogens with one attached hydrogen (secondary N) is 2. The third-order valence-corrected chi connectivity index (χ3v) is 5.65. The van der Waals surface area contributed by atoms with Gasteiger partial charge >= 0.3 is 0 Å². The summed E-state index contributed by atoms with van der Waals surface area (Å²) in [5.41, 5.74) is 1.70. The van der Waals surface area contributed by atoms with Crippen LogP contribution in [0.15, 0.2) is 47.1 Å². The van der Waals surface area contributed by atoms with Gasteiger partial charge < -0.3 is 20.0 Å². The Kier molecular flexibility index (Phi) is 7.15. The Morgan fingerprint density at radius 1 is 1.03 bits per heavy atom. The van der Waals surface area contributed by atoms with Crippen molar-refractivity contribution in [2.45, 2.75) is 45.6 Å². The molecule has 0 saturated carbocycles. The summed E-state index contributed by atoms with van der Waals surface area (Å²) in [6.07, 6.45) is 2.79. The molecule has 1 aliphatic heterocycles. The molecule has 0 atom stereocenters. The van der Waals surface area contributed by atoms with Gasteiger partial charge in [-0.25, -0.2) is 0 Å². The van der Waals surface area contributed by atoms with Crippen molar-refractivity contribution < 1.29 is 18.8 Å². The van der Waals surface area contributed by atoms with Crippen molar-refractivity contribution in [1.29, 1.82) is 0 Å². The molecule has 2 heterocycles. The number of piperidine rings is 1. The first-order valence-electron chi connectivity index (χ1n) is 10.7. The summed E-state index contributed by atoms with van der Waals surface area (Å²) < 4.78 is 5.22. The fourth-order valence-corrected chi connectivity index (χ4v) is 3.61. The molecule has 7 heteroatoms. The standard InChI is InChI=1S/C24H31N3O4/c1-24(2,3)19-8-6-17(7-9-19)22(29)26-16-21(28)27-12-10-18(11-13-27)23(30)25-15-20-5-4-14-31-20/h4-9,14,18H,10-13,15-16H2,1-3H3,(H,25,30)(H,26,29). The first kappa shape index (κ1) is 22.6. The lowest BCUT2D eigenvalue weighted by molar-refractivity contribution is -0.134. The van der Waals surface area contributed by atoms with Gasteiger partial charge in [-0.3, -0.25) is 14.4 Å². The summed E-state index contributed by atoms with van der Waals surface area (Å²) in [5.74, 6) is 0.185. The van der Waals surface area contributed by atoms with E-state index in [9.17, 15) is 14.4 Å². The SMILES string of the molecule is CC(C)(C)c1ccc(C(=O)NCC(=O)N2CCC(C(=O)NCc3ccco3)CC2)cc1. The lowest BCUT2D eigenvalue weighted by Crippen LogP contribution is -2.46. The Morgan fingerprint density at radius 3 is 2.29 bits per heavy atom. The van der Waals surface area contributed by atoms with Crippen LogP contribution in [0.5, 0.6) is 0 Å². The minimum atomic E-state index is -0.263. The molecule has 1 saturated heterocycles. The highest BCUT2D eigenvalue weighted by atomic mass is 16.3. The summed E-state index contributed by atoms with van der Waals surface area (Å²) in [5, 5.41) is 5.58. The number of rotatable bonds is 6. The van der Waals surface area contributed by atoms with Gasteiger partial charge in [0.1, 0.15) is 5.76 Å². The van der Waals surface area contributed by atoms with Crippen molar-refractivity contribution in [2.75, 3.05) is 19.6 Å². The first-order valence-corrected chi connectivity index (χ1v) is 10.7. The topological polar surface area (TPSA) is 91.7 Å². The van der Waals surface area contributed by atoms with Crippen LogP contribution >= 0.6 is 0 Å². The van der Waals surface area contributed by atoms with Gasteiger partial charge in [0.2, 0.25) is 11.8 Å². The molecule has 2 N–H and O–H groups in total. The molecule has 7 nitrogen and oxygen atoms in total. The van der Waals surface area contributed by atoms with Crippen LogP contribution in [0.3, 0.4) is 0 Å². The maximum absolute atomic E-state index is 12.5. The minimum absolute atomic E-state index is 0.0181. The Balaban J connectivity index is 1.40. The van der Waals surface area contributed by atoms with E-state index < -0.39 is 0 Å². The minimum Gasteiger partial charge on any atom is -0.467 e. The molecule has 166 valence electrons. The maximum atomic E-state index is 12.5. The molecule has 0 bridgehead atoms. The number of carbonyl (C=O) groups is 3. The Labute approximate surface area is 183 Å². The van der Waals surface area contributed by atoms with Crippen LogP contribution in [0.1, 0.15) is 55.3 Å². The van der Waals surface area contributed by atoms with E-state index in [2.05, 4.69) is 31.4 Å². The zero-order chi connectivity index (χ0) is 22.4. The molecule has 0 radical (unpaired) electrons. The summed E-state index contributed by atoms with van der Waals surface area (Å²) in [6.45, 7) is 7.69. The summed E-state index contributed by atoms with van der Waals surface area (Å²) in [7, 11) is 0. The molecule has 0 unspecified atom stereocenters. The zero-order valence-electron chi connectivity index (χ0n) is 18.4. The number of amides is 3. The fourth-order valence-electron chi connectivity index (χ4n) is 3.61. The molecule has 31 heavy (non-hydrogen) atoms. The Hall–Kier alpha value is -3.09. The lowest BCUT2D eigenvalue weighted by atomic mass is 9.87. The van der Waals surface area contributed by atoms with E-state index in [4.69, 9.17) is 4.42 Å². The maximum Gasteiger partial charge on any atom is 0.251 e. The average Bonchev–Trinajstić information content (AvgIpc) is 3.29. The van der Waals surface area contributed by atoms with E-state index in [0.717, 1.165) is 5.56 Å². The van der Waals surface area contributed by atoms with Gasteiger partial charge in [-0.15, -0.1) is 0 Å². The molecule has 0 aliphatic carbocycles. The van der Waals surface area contributed by atoms with Crippen molar-refractivity contribution in [3.05, 3.63) is 59.5 Å². The molecular formula is C24H31N3O4. The second-order valence-electron chi connectivity index (χ2n) is 8.96. The second-order valence-corrected chi connectivity index (χ2v) is 8.96. The quantitative estimate of drug-likeness (QED) is 0.745. The number of hydrogen-bond donors (Lipinski definition) is 2. The van der Waals surface area contributed by atoms with Gasteiger partial charge in [-0.2, -0.15) is 0 Å². The molecule has 1 aromatic heterocycles. The van der Waals surface area contributed by atoms with Crippen molar-refractivity contribution in [1.82, 2.24) is 15.5 Å². The van der Waals surface area contributed by atoms with Crippen molar-refractivity contribution in [3.63, 3.8) is 0 Å². The van der Waals surface area contributed by atoms with Gasteiger partial charge in [0.05, 0.1) is 19.4 Å². The second kappa shape index (κ2) is 9.81. The van der Waals surface area contributed by atoms with Crippen LogP contribution in [-0.2, 0) is 21.5 Å². The first-order chi connectivity index (χ1) is 14.7. The highest BCUT2D eigenvalue weighted by molar-refractivity contribution is 5.96. The third-order valence-electron chi connectivity index (χ3n) is 5.65. The van der Waals surface area contributed by atoms with E-state index in [1.165, 1.54) is 0 Å². The number of likely N-dealkylation sites (tertiary alicyclic amines) is 1. The molecule has 1 aliphatic rings. The number of furan rings is 1. The smallest absolute Gasteiger partial charge is 0.251 e. The predicted molar refractivity (Wildman–Crippen MR) is 117 cm³/mol. The van der Waals surface area contributed by atoms with Gasteiger partial charge in [0.25, 0.3) is 5.91 Å². The highest BCUT2D eigenvalue weighted by Gasteiger charge is 2.27. The number of benzene rings is 1. The summed E-state index contributed by atoms with van der Waals surface area (Å²) in [4.78, 5) is 38.9.